The van der Waals surface area contributed by atoms with E-state index in [0.29, 0.717) is 28.0 Å². The third-order valence-corrected chi connectivity index (χ3v) is 3.72. The van der Waals surface area contributed by atoms with Gasteiger partial charge in [-0.25, -0.2) is 0 Å². The molecular formula is C15H14BrCl2NO. The van der Waals surface area contributed by atoms with E-state index < -0.39 is 0 Å². The summed E-state index contributed by atoms with van der Waals surface area (Å²) < 4.78 is 6.80. The number of hydrogen-bond acceptors (Lipinski definition) is 2. The van der Waals surface area contributed by atoms with Gasteiger partial charge in [-0.15, -0.1) is 0 Å². The van der Waals surface area contributed by atoms with Crippen LogP contribution in [-0.4, -0.2) is 6.04 Å². The first-order valence-electron chi connectivity index (χ1n) is 6.12. The lowest BCUT2D eigenvalue weighted by Gasteiger charge is -2.14. The van der Waals surface area contributed by atoms with Gasteiger partial charge in [-0.1, -0.05) is 39.1 Å². The Morgan fingerprint density at radius 1 is 1.15 bits per heavy atom. The van der Waals surface area contributed by atoms with Crippen molar-refractivity contribution >= 4 is 39.1 Å². The fourth-order valence-corrected chi connectivity index (χ4v) is 2.52. The average Bonchev–Trinajstić information content (AvgIpc) is 2.36. The van der Waals surface area contributed by atoms with Crippen LogP contribution in [0.25, 0.3) is 0 Å². The molecule has 1 unspecified atom stereocenters. The molecule has 2 N–H and O–H groups in total. The molecule has 0 heterocycles. The van der Waals surface area contributed by atoms with Crippen molar-refractivity contribution in [1.82, 2.24) is 0 Å². The van der Waals surface area contributed by atoms with Gasteiger partial charge in [0.2, 0.25) is 0 Å². The molecule has 0 amide bonds. The first kappa shape index (κ1) is 15.6. The lowest BCUT2D eigenvalue weighted by molar-refractivity contribution is 0.474. The van der Waals surface area contributed by atoms with E-state index in [9.17, 15) is 0 Å². The van der Waals surface area contributed by atoms with Gasteiger partial charge in [0, 0.05) is 15.5 Å². The molecule has 0 aliphatic carbocycles. The highest BCUT2D eigenvalue weighted by atomic mass is 79.9. The van der Waals surface area contributed by atoms with Crippen molar-refractivity contribution in [3.8, 4) is 11.5 Å². The van der Waals surface area contributed by atoms with Crippen LogP contribution in [0.3, 0.4) is 0 Å². The number of benzene rings is 2. The summed E-state index contributed by atoms with van der Waals surface area (Å²) in [6.45, 7) is 1.94. The molecule has 5 heteroatoms. The summed E-state index contributed by atoms with van der Waals surface area (Å²) in [5, 5.41) is 1.21. The van der Waals surface area contributed by atoms with Crippen LogP contribution >= 0.6 is 39.1 Å². The molecule has 0 radical (unpaired) electrons. The molecule has 0 spiro atoms. The van der Waals surface area contributed by atoms with E-state index >= 15 is 0 Å². The second-order valence-electron chi connectivity index (χ2n) is 4.61. The van der Waals surface area contributed by atoms with E-state index in [-0.39, 0.29) is 6.04 Å². The zero-order valence-corrected chi connectivity index (χ0v) is 14.0. The van der Waals surface area contributed by atoms with Crippen molar-refractivity contribution in [3.05, 3.63) is 56.5 Å². The van der Waals surface area contributed by atoms with Gasteiger partial charge >= 0.3 is 0 Å². The van der Waals surface area contributed by atoms with Crippen LogP contribution in [0.5, 0.6) is 11.5 Å². The maximum atomic E-state index is 6.14. The fourth-order valence-electron chi connectivity index (χ4n) is 1.83. The fraction of sp³-hybridized carbons (Fsp3) is 0.200. The third kappa shape index (κ3) is 4.13. The van der Waals surface area contributed by atoms with E-state index in [4.69, 9.17) is 33.7 Å². The zero-order chi connectivity index (χ0) is 14.7. The molecule has 0 saturated carbocycles. The molecule has 0 bridgehead atoms. The van der Waals surface area contributed by atoms with Crippen LogP contribution in [0, 0.1) is 0 Å². The Labute approximate surface area is 137 Å². The van der Waals surface area contributed by atoms with Crippen LogP contribution in [-0.2, 0) is 6.42 Å². The van der Waals surface area contributed by atoms with Crippen molar-refractivity contribution in [2.24, 2.45) is 5.73 Å². The maximum absolute atomic E-state index is 6.14. The Morgan fingerprint density at radius 2 is 1.90 bits per heavy atom. The topological polar surface area (TPSA) is 35.2 Å². The number of ether oxygens (including phenoxy) is 1. The number of rotatable bonds is 4. The molecule has 2 aromatic carbocycles. The number of halogens is 3. The first-order valence-corrected chi connectivity index (χ1v) is 7.67. The molecule has 2 rings (SSSR count). The molecule has 1 atom stereocenters. The molecule has 106 valence electrons. The predicted molar refractivity (Wildman–Crippen MR) is 88.0 cm³/mol. The molecule has 0 aliphatic heterocycles. The van der Waals surface area contributed by atoms with Crippen LogP contribution in [0.1, 0.15) is 12.5 Å². The summed E-state index contributed by atoms with van der Waals surface area (Å²) in [6.07, 6.45) is 0.682. The van der Waals surface area contributed by atoms with Crippen LogP contribution < -0.4 is 10.5 Å². The van der Waals surface area contributed by atoms with Crippen molar-refractivity contribution in [3.63, 3.8) is 0 Å². The molecule has 20 heavy (non-hydrogen) atoms. The van der Waals surface area contributed by atoms with Gasteiger partial charge in [0.15, 0.2) is 0 Å². The summed E-state index contributed by atoms with van der Waals surface area (Å²) in [5.41, 5.74) is 6.82. The minimum absolute atomic E-state index is 0.0220. The second-order valence-corrected chi connectivity index (χ2v) is 6.37. The smallest absolute Gasteiger partial charge is 0.147 e. The van der Waals surface area contributed by atoms with Gasteiger partial charge in [0.25, 0.3) is 0 Å². The highest BCUT2D eigenvalue weighted by Crippen LogP contribution is 2.34. The maximum Gasteiger partial charge on any atom is 0.147 e. The monoisotopic (exact) mass is 373 g/mol. The SMILES string of the molecule is CC(N)Cc1cc(Cl)ccc1Oc1cc(Br)ccc1Cl. The highest BCUT2D eigenvalue weighted by Gasteiger charge is 2.10. The summed E-state index contributed by atoms with van der Waals surface area (Å²) in [4.78, 5) is 0. The molecule has 0 fully saturated rings. The minimum atomic E-state index is 0.0220. The quantitative estimate of drug-likeness (QED) is 0.773. The average molecular weight is 375 g/mol. The van der Waals surface area contributed by atoms with Crippen LogP contribution in [0.4, 0.5) is 0 Å². The Hall–Kier alpha value is -0.740. The van der Waals surface area contributed by atoms with Crippen molar-refractivity contribution < 1.29 is 4.74 Å². The standard InChI is InChI=1S/C15H14BrCl2NO/c1-9(19)6-10-7-12(17)3-5-14(10)20-15-8-11(16)2-4-13(15)18/h2-5,7-9H,6,19H2,1H3. The molecule has 2 nitrogen and oxygen atoms in total. The third-order valence-electron chi connectivity index (χ3n) is 2.68. The van der Waals surface area contributed by atoms with E-state index in [1.807, 2.05) is 31.2 Å². The van der Waals surface area contributed by atoms with Gasteiger partial charge in [-0.3, -0.25) is 0 Å². The van der Waals surface area contributed by atoms with Crippen LogP contribution in [0.15, 0.2) is 40.9 Å². The lowest BCUT2D eigenvalue weighted by Crippen LogP contribution is -2.18. The second kappa shape index (κ2) is 6.81. The van der Waals surface area contributed by atoms with E-state index in [1.54, 1.807) is 12.1 Å². The predicted octanol–water partition coefficient (Wildman–Crippen LogP) is 5.44. The Kier molecular flexibility index (Phi) is 5.33. The number of nitrogens with two attached hydrogens (primary N) is 1. The zero-order valence-electron chi connectivity index (χ0n) is 10.9. The molecule has 0 aliphatic rings. The summed E-state index contributed by atoms with van der Waals surface area (Å²) in [7, 11) is 0. The van der Waals surface area contributed by atoms with Crippen molar-refractivity contribution in [1.29, 1.82) is 0 Å². The van der Waals surface area contributed by atoms with E-state index in [2.05, 4.69) is 15.9 Å². The van der Waals surface area contributed by atoms with Crippen LogP contribution in [0.2, 0.25) is 10.0 Å². The van der Waals surface area contributed by atoms with Gasteiger partial charge < -0.3 is 10.5 Å². The van der Waals surface area contributed by atoms with Gasteiger partial charge in [0.1, 0.15) is 11.5 Å². The van der Waals surface area contributed by atoms with Crippen molar-refractivity contribution in [2.75, 3.05) is 0 Å². The van der Waals surface area contributed by atoms with Gasteiger partial charge in [0.05, 0.1) is 5.02 Å². The van der Waals surface area contributed by atoms with E-state index in [0.717, 1.165) is 10.0 Å². The van der Waals surface area contributed by atoms with Gasteiger partial charge in [-0.2, -0.15) is 0 Å². The molecule has 0 saturated heterocycles. The van der Waals surface area contributed by atoms with E-state index in [1.165, 1.54) is 0 Å². The van der Waals surface area contributed by atoms with Gasteiger partial charge in [-0.05, 0) is 55.3 Å². The minimum Gasteiger partial charge on any atom is -0.455 e. The van der Waals surface area contributed by atoms with Crippen molar-refractivity contribution in [2.45, 2.75) is 19.4 Å². The normalized spacial score (nSPS) is 12.2. The number of hydrogen-bond donors (Lipinski definition) is 1. The molecular weight excluding hydrogens is 361 g/mol. The highest BCUT2D eigenvalue weighted by molar-refractivity contribution is 9.10. The Morgan fingerprint density at radius 3 is 2.60 bits per heavy atom. The summed E-state index contributed by atoms with van der Waals surface area (Å²) in [6, 6.07) is 11.0. The lowest BCUT2D eigenvalue weighted by atomic mass is 10.1. The summed E-state index contributed by atoms with van der Waals surface area (Å²) in [5.74, 6) is 1.31. The molecule has 2 aromatic rings. The summed E-state index contributed by atoms with van der Waals surface area (Å²) >= 11 is 15.6. The first-order chi connectivity index (χ1) is 9.45. The largest absolute Gasteiger partial charge is 0.455 e. The molecule has 0 aromatic heterocycles. The Balaban J connectivity index is 2.35. The Bertz CT molecular complexity index is 617.